The van der Waals surface area contributed by atoms with Crippen molar-refractivity contribution in [2.24, 2.45) is 0 Å². The van der Waals surface area contributed by atoms with E-state index in [1.54, 1.807) is 29.7 Å². The number of aliphatic carboxylic acids is 1. The van der Waals surface area contributed by atoms with Crippen molar-refractivity contribution in [2.75, 3.05) is 7.05 Å². The topological polar surface area (TPSA) is 104 Å². The molecule has 5 rings (SSSR count). The van der Waals surface area contributed by atoms with E-state index in [1.807, 2.05) is 35.4 Å². The highest BCUT2D eigenvalue weighted by Gasteiger charge is 2.28. The SMILES string of the molecule is CCC.CCCCCCc1cc(-c2ccnc(C3=CC(C(=O)O)=CC(c4cc(C(=O)O)ccn4)N3C)c2)c(-c2cccs2)s1. The third-order valence-corrected chi connectivity index (χ3v) is 9.39. The molecule has 230 valence electrons. The second-order valence-corrected chi connectivity index (χ2v) is 12.8. The van der Waals surface area contributed by atoms with Crippen molar-refractivity contribution in [1.29, 1.82) is 0 Å². The van der Waals surface area contributed by atoms with Gasteiger partial charge in [-0.05, 0) is 72.3 Å². The Morgan fingerprint density at radius 2 is 1.73 bits per heavy atom. The normalized spacial score (nSPS) is 14.4. The molecule has 44 heavy (non-hydrogen) atoms. The summed E-state index contributed by atoms with van der Waals surface area (Å²) in [5.74, 6) is -2.14. The molecular weight excluding hydrogens is 591 g/mol. The van der Waals surface area contributed by atoms with Gasteiger partial charge in [-0.2, -0.15) is 0 Å². The highest BCUT2D eigenvalue weighted by molar-refractivity contribution is 7.21. The largest absolute Gasteiger partial charge is 0.478 e. The van der Waals surface area contributed by atoms with E-state index in [0.29, 0.717) is 17.1 Å². The Balaban J connectivity index is 0.00000141. The zero-order valence-corrected chi connectivity index (χ0v) is 27.3. The van der Waals surface area contributed by atoms with Gasteiger partial charge in [0.05, 0.1) is 39.1 Å². The van der Waals surface area contributed by atoms with Crippen LogP contribution >= 0.6 is 22.7 Å². The molecule has 1 atom stereocenters. The Kier molecular flexibility index (Phi) is 11.6. The standard InChI is InChI=1S/C32H31N3O4S2.C3H8/c1-3-4-5-6-8-23-19-24(30(41-23)29-9-7-14-40-29)20-10-12-33-25(15-20)27-17-22(32(38)39)18-28(35(27)2)26-16-21(31(36)37)11-13-34-26;1-3-2/h7,9-19,28H,3-6,8H2,1-2H3,(H,36,37)(H,38,39);3H2,1-2H3. The molecule has 0 saturated heterocycles. The number of thiophene rings is 2. The number of aryl methyl sites for hydroxylation is 1. The zero-order valence-electron chi connectivity index (χ0n) is 25.6. The molecule has 0 aromatic carbocycles. The quantitative estimate of drug-likeness (QED) is 0.159. The zero-order chi connectivity index (χ0) is 31.6. The van der Waals surface area contributed by atoms with Crippen molar-refractivity contribution in [3.63, 3.8) is 0 Å². The highest BCUT2D eigenvalue weighted by atomic mass is 32.1. The van der Waals surface area contributed by atoms with Crippen LogP contribution in [0.5, 0.6) is 0 Å². The van der Waals surface area contributed by atoms with Crippen LogP contribution in [0.3, 0.4) is 0 Å². The minimum Gasteiger partial charge on any atom is -0.478 e. The second kappa shape index (κ2) is 15.6. The van der Waals surface area contributed by atoms with Crippen LogP contribution in [-0.2, 0) is 11.2 Å². The average Bonchev–Trinajstić information content (AvgIpc) is 3.70. The predicted molar refractivity (Wildman–Crippen MR) is 180 cm³/mol. The fraction of sp³-hybridized carbons (Fsp3) is 0.314. The first-order chi connectivity index (χ1) is 21.3. The molecule has 4 aromatic heterocycles. The third-order valence-electron chi connectivity index (χ3n) is 7.14. The van der Waals surface area contributed by atoms with Gasteiger partial charge >= 0.3 is 11.9 Å². The highest BCUT2D eigenvalue weighted by Crippen LogP contribution is 2.43. The lowest BCUT2D eigenvalue weighted by molar-refractivity contribution is -0.132. The molecule has 9 heteroatoms. The number of rotatable bonds is 11. The smallest absolute Gasteiger partial charge is 0.335 e. The summed E-state index contributed by atoms with van der Waals surface area (Å²) in [6, 6.07) is 12.8. The Hall–Kier alpha value is -4.08. The molecule has 1 aliphatic heterocycles. The third kappa shape index (κ3) is 7.89. The average molecular weight is 630 g/mol. The van der Waals surface area contributed by atoms with Gasteiger partial charge in [-0.25, -0.2) is 9.59 Å². The molecule has 0 saturated carbocycles. The molecule has 0 fully saturated rings. The summed E-state index contributed by atoms with van der Waals surface area (Å²) in [7, 11) is 1.84. The molecule has 0 spiro atoms. The summed E-state index contributed by atoms with van der Waals surface area (Å²) >= 11 is 3.56. The number of pyridine rings is 2. The van der Waals surface area contributed by atoms with Crippen molar-refractivity contribution < 1.29 is 19.8 Å². The van der Waals surface area contributed by atoms with Crippen LogP contribution in [0.2, 0.25) is 0 Å². The number of unbranched alkanes of at least 4 members (excludes halogenated alkanes) is 3. The van der Waals surface area contributed by atoms with Gasteiger partial charge in [-0.1, -0.05) is 52.5 Å². The minimum atomic E-state index is -1.07. The number of carbonyl (C=O) groups is 2. The lowest BCUT2D eigenvalue weighted by Gasteiger charge is -2.33. The molecule has 2 N–H and O–H groups in total. The Morgan fingerprint density at radius 3 is 2.41 bits per heavy atom. The van der Waals surface area contributed by atoms with Gasteiger partial charge < -0.3 is 15.1 Å². The molecule has 1 unspecified atom stereocenters. The molecule has 1 aliphatic rings. The summed E-state index contributed by atoms with van der Waals surface area (Å²) < 4.78 is 0. The fourth-order valence-corrected chi connectivity index (χ4v) is 7.07. The van der Waals surface area contributed by atoms with Crippen molar-refractivity contribution in [1.82, 2.24) is 14.9 Å². The number of likely N-dealkylation sites (N-methyl/N-ethyl adjacent to an activating group) is 1. The van der Waals surface area contributed by atoms with Crippen LogP contribution in [-0.4, -0.2) is 44.1 Å². The van der Waals surface area contributed by atoms with E-state index in [2.05, 4.69) is 54.3 Å². The summed E-state index contributed by atoms with van der Waals surface area (Å²) in [5, 5.41) is 21.5. The summed E-state index contributed by atoms with van der Waals surface area (Å²) in [5.41, 5.74) is 4.04. The van der Waals surface area contributed by atoms with Gasteiger partial charge in [-0.3, -0.25) is 9.97 Å². The van der Waals surface area contributed by atoms with Gasteiger partial charge in [0.25, 0.3) is 0 Å². The number of aromatic nitrogens is 2. The van der Waals surface area contributed by atoms with Crippen molar-refractivity contribution in [2.45, 2.75) is 65.3 Å². The van der Waals surface area contributed by atoms with Crippen LogP contribution in [0.25, 0.3) is 26.6 Å². The summed E-state index contributed by atoms with van der Waals surface area (Å²) in [6.45, 7) is 6.47. The van der Waals surface area contributed by atoms with Crippen LogP contribution < -0.4 is 0 Å². The van der Waals surface area contributed by atoms with Crippen molar-refractivity contribution in [3.05, 3.63) is 99.8 Å². The van der Waals surface area contributed by atoms with Gasteiger partial charge in [0.2, 0.25) is 0 Å². The first-order valence-corrected chi connectivity index (χ1v) is 16.7. The van der Waals surface area contributed by atoms with E-state index in [-0.39, 0.29) is 11.1 Å². The van der Waals surface area contributed by atoms with Gasteiger partial charge in [0.1, 0.15) is 0 Å². The number of aromatic carboxylic acids is 1. The molecule has 4 aromatic rings. The van der Waals surface area contributed by atoms with Crippen LogP contribution in [0.1, 0.15) is 85.5 Å². The molecule has 0 amide bonds. The number of hydrogen-bond donors (Lipinski definition) is 2. The molecule has 5 heterocycles. The van der Waals surface area contributed by atoms with Crippen LogP contribution in [0.4, 0.5) is 0 Å². The number of carboxylic acid groups (broad SMARTS) is 2. The van der Waals surface area contributed by atoms with Gasteiger partial charge in [0.15, 0.2) is 0 Å². The minimum absolute atomic E-state index is 0.0916. The predicted octanol–water partition coefficient (Wildman–Crippen LogP) is 9.21. The number of hydrogen-bond acceptors (Lipinski definition) is 7. The summed E-state index contributed by atoms with van der Waals surface area (Å²) in [4.78, 5) is 38.4. The van der Waals surface area contributed by atoms with Crippen LogP contribution in [0.15, 0.2) is 78.0 Å². The Labute approximate surface area is 267 Å². The maximum atomic E-state index is 12.1. The Bertz CT molecular complexity index is 1640. The first-order valence-electron chi connectivity index (χ1n) is 15.0. The Morgan fingerprint density at radius 1 is 0.955 bits per heavy atom. The molecule has 7 nitrogen and oxygen atoms in total. The molecule has 0 radical (unpaired) electrons. The maximum absolute atomic E-state index is 12.1. The number of carboxylic acids is 2. The van der Waals surface area contributed by atoms with E-state index in [4.69, 9.17) is 0 Å². The van der Waals surface area contributed by atoms with Crippen LogP contribution in [0, 0.1) is 0 Å². The van der Waals surface area contributed by atoms with E-state index in [0.717, 1.165) is 17.5 Å². The van der Waals surface area contributed by atoms with E-state index in [9.17, 15) is 19.8 Å². The van der Waals surface area contributed by atoms with E-state index >= 15 is 0 Å². The molecule has 0 aliphatic carbocycles. The number of nitrogens with zero attached hydrogens (tertiary/aromatic N) is 3. The van der Waals surface area contributed by atoms with E-state index in [1.165, 1.54) is 65.1 Å². The van der Waals surface area contributed by atoms with Gasteiger partial charge in [-0.15, -0.1) is 22.7 Å². The molecule has 0 bridgehead atoms. The fourth-order valence-electron chi connectivity index (χ4n) is 4.98. The van der Waals surface area contributed by atoms with Crippen molar-refractivity contribution >= 4 is 40.3 Å². The lowest BCUT2D eigenvalue weighted by atomic mass is 9.97. The van der Waals surface area contributed by atoms with Crippen molar-refractivity contribution in [3.8, 4) is 20.9 Å². The maximum Gasteiger partial charge on any atom is 0.335 e. The summed E-state index contributed by atoms with van der Waals surface area (Å²) in [6.07, 6.45) is 13.5. The lowest BCUT2D eigenvalue weighted by Crippen LogP contribution is -2.27. The molecular formula is C35H39N3O4S2. The monoisotopic (exact) mass is 629 g/mol. The first kappa shape index (κ1) is 32.8. The van der Waals surface area contributed by atoms with Gasteiger partial charge in [0, 0.05) is 34.8 Å². The second-order valence-electron chi connectivity index (χ2n) is 10.7. The van der Waals surface area contributed by atoms with E-state index < -0.39 is 18.0 Å².